The number of anilines is 3. The molecule has 0 unspecified atom stereocenters. The standard InChI is InChI=1S/C44H29NO2/c46-43-35-17-7-12-22-41(35)47-42-29-31(25-28-36(42)43)30-23-26-34(27-24-30)45-39-20-10-8-18-37(39)44(32-13-3-1-4-14-32,33-15-5-2-6-16-33)38-19-9-11-21-40(38)45/h1-29H. The van der Waals surface area contributed by atoms with Crippen molar-refractivity contribution in [3.63, 3.8) is 0 Å². The zero-order valence-electron chi connectivity index (χ0n) is 25.5. The van der Waals surface area contributed by atoms with E-state index in [9.17, 15) is 4.79 Å². The van der Waals surface area contributed by atoms with E-state index in [1.54, 1.807) is 0 Å². The predicted octanol–water partition coefficient (Wildman–Crippen LogP) is 10.8. The fraction of sp³-hybridized carbons (Fsp3) is 0.0227. The van der Waals surface area contributed by atoms with Gasteiger partial charge in [-0.3, -0.25) is 4.79 Å². The number of rotatable bonds is 4. The zero-order valence-corrected chi connectivity index (χ0v) is 25.5. The molecule has 0 amide bonds. The average molecular weight is 604 g/mol. The Bertz CT molecular complexity index is 2390. The van der Waals surface area contributed by atoms with E-state index in [4.69, 9.17) is 4.42 Å². The van der Waals surface area contributed by atoms with Crippen LogP contribution in [0.1, 0.15) is 22.3 Å². The van der Waals surface area contributed by atoms with Crippen LogP contribution in [0, 0.1) is 0 Å². The van der Waals surface area contributed by atoms with Gasteiger partial charge >= 0.3 is 0 Å². The summed E-state index contributed by atoms with van der Waals surface area (Å²) in [4.78, 5) is 15.5. The fourth-order valence-electron chi connectivity index (χ4n) is 7.47. The minimum absolute atomic E-state index is 0.00624. The van der Waals surface area contributed by atoms with Crippen molar-refractivity contribution in [3.8, 4) is 11.1 Å². The molecule has 0 bridgehead atoms. The number of hydrogen-bond acceptors (Lipinski definition) is 3. The van der Waals surface area contributed by atoms with Crippen LogP contribution in [0.15, 0.2) is 185 Å². The second-order valence-corrected chi connectivity index (χ2v) is 12.0. The molecule has 1 aliphatic heterocycles. The monoisotopic (exact) mass is 603 g/mol. The maximum Gasteiger partial charge on any atom is 0.200 e. The van der Waals surface area contributed by atoms with Gasteiger partial charge in [-0.15, -0.1) is 0 Å². The van der Waals surface area contributed by atoms with Crippen molar-refractivity contribution in [1.82, 2.24) is 0 Å². The van der Waals surface area contributed by atoms with E-state index in [-0.39, 0.29) is 5.43 Å². The Labute approximate surface area is 272 Å². The first kappa shape index (κ1) is 27.1. The first-order valence-electron chi connectivity index (χ1n) is 15.9. The Morgan fingerprint density at radius 3 is 1.60 bits per heavy atom. The molecule has 3 heteroatoms. The summed E-state index contributed by atoms with van der Waals surface area (Å²) in [6.07, 6.45) is 0. The lowest BCUT2D eigenvalue weighted by molar-refractivity contribution is 0.660. The topological polar surface area (TPSA) is 33.5 Å². The lowest BCUT2D eigenvalue weighted by Crippen LogP contribution is -2.37. The molecular formula is C44H29NO2. The molecule has 9 rings (SSSR count). The van der Waals surface area contributed by atoms with Crippen molar-refractivity contribution >= 4 is 39.0 Å². The summed E-state index contributed by atoms with van der Waals surface area (Å²) in [5.41, 5.74) is 11.0. The van der Waals surface area contributed by atoms with Crippen LogP contribution in [-0.4, -0.2) is 0 Å². The van der Waals surface area contributed by atoms with E-state index in [2.05, 4.69) is 138 Å². The summed E-state index contributed by atoms with van der Waals surface area (Å²) < 4.78 is 6.17. The number of para-hydroxylation sites is 3. The first-order valence-corrected chi connectivity index (χ1v) is 15.9. The van der Waals surface area contributed by atoms with Crippen molar-refractivity contribution in [2.75, 3.05) is 4.90 Å². The van der Waals surface area contributed by atoms with Gasteiger partial charge in [0.05, 0.1) is 27.6 Å². The Morgan fingerprint density at radius 2 is 0.957 bits per heavy atom. The zero-order chi connectivity index (χ0) is 31.4. The van der Waals surface area contributed by atoms with E-state index < -0.39 is 5.41 Å². The molecule has 0 radical (unpaired) electrons. The predicted molar refractivity (Wildman–Crippen MR) is 192 cm³/mol. The number of benzene rings is 7. The third kappa shape index (κ3) is 4.10. The molecule has 3 nitrogen and oxygen atoms in total. The summed E-state index contributed by atoms with van der Waals surface area (Å²) in [6.45, 7) is 0. The largest absolute Gasteiger partial charge is 0.456 e. The van der Waals surface area contributed by atoms with Crippen LogP contribution in [-0.2, 0) is 5.41 Å². The summed E-state index contributed by atoms with van der Waals surface area (Å²) >= 11 is 0. The van der Waals surface area contributed by atoms with Crippen LogP contribution >= 0.6 is 0 Å². The Morgan fingerprint density at radius 1 is 0.447 bits per heavy atom. The molecule has 47 heavy (non-hydrogen) atoms. The lowest BCUT2D eigenvalue weighted by Gasteiger charge is -2.46. The van der Waals surface area contributed by atoms with Gasteiger partial charge in [0.15, 0.2) is 0 Å². The molecule has 1 aliphatic rings. The molecule has 0 spiro atoms. The number of nitrogens with zero attached hydrogens (tertiary/aromatic N) is 1. The van der Waals surface area contributed by atoms with Crippen LogP contribution < -0.4 is 10.3 Å². The minimum atomic E-state index is -0.495. The van der Waals surface area contributed by atoms with Crippen molar-refractivity contribution in [1.29, 1.82) is 0 Å². The quantitative estimate of drug-likeness (QED) is 0.188. The number of hydrogen-bond donors (Lipinski definition) is 0. The van der Waals surface area contributed by atoms with Crippen molar-refractivity contribution in [3.05, 3.63) is 208 Å². The second kappa shape index (κ2) is 10.7. The molecule has 2 heterocycles. The summed E-state index contributed by atoms with van der Waals surface area (Å²) in [7, 11) is 0. The van der Waals surface area contributed by atoms with Crippen LogP contribution in [0.3, 0.4) is 0 Å². The van der Waals surface area contributed by atoms with Gasteiger partial charge in [0.1, 0.15) is 11.2 Å². The molecule has 8 aromatic rings. The SMILES string of the molecule is O=c1c2ccccc2oc2cc(-c3ccc(N4c5ccccc5C(c5ccccc5)(c5ccccc5)c5ccccc54)cc3)ccc12. The van der Waals surface area contributed by atoms with E-state index in [1.807, 2.05) is 42.5 Å². The highest BCUT2D eigenvalue weighted by Gasteiger charge is 2.46. The normalized spacial score (nSPS) is 13.3. The highest BCUT2D eigenvalue weighted by atomic mass is 16.3. The van der Waals surface area contributed by atoms with Crippen LogP contribution in [0.5, 0.6) is 0 Å². The summed E-state index contributed by atoms with van der Waals surface area (Å²) in [5.74, 6) is 0. The summed E-state index contributed by atoms with van der Waals surface area (Å²) in [5, 5.41) is 1.19. The highest BCUT2D eigenvalue weighted by molar-refractivity contribution is 5.93. The third-order valence-electron chi connectivity index (χ3n) is 9.55. The molecule has 7 aromatic carbocycles. The van der Waals surface area contributed by atoms with Gasteiger partial charge in [-0.1, -0.05) is 127 Å². The van der Waals surface area contributed by atoms with Crippen LogP contribution in [0.2, 0.25) is 0 Å². The van der Waals surface area contributed by atoms with Gasteiger partial charge in [-0.25, -0.2) is 0 Å². The molecule has 1 aromatic heterocycles. The van der Waals surface area contributed by atoms with Gasteiger partial charge in [0, 0.05) is 5.69 Å². The van der Waals surface area contributed by atoms with E-state index >= 15 is 0 Å². The van der Waals surface area contributed by atoms with Crippen LogP contribution in [0.25, 0.3) is 33.1 Å². The smallest absolute Gasteiger partial charge is 0.200 e. The Balaban J connectivity index is 1.20. The van der Waals surface area contributed by atoms with Gasteiger partial charge < -0.3 is 9.32 Å². The van der Waals surface area contributed by atoms with Crippen molar-refractivity contribution < 1.29 is 4.42 Å². The Kier molecular flexibility index (Phi) is 6.19. The molecule has 0 saturated heterocycles. The lowest BCUT2D eigenvalue weighted by atomic mass is 9.62. The Hall–Kier alpha value is -6.19. The van der Waals surface area contributed by atoms with Gasteiger partial charge in [0.2, 0.25) is 5.43 Å². The van der Waals surface area contributed by atoms with Gasteiger partial charge in [-0.2, -0.15) is 0 Å². The molecule has 0 saturated carbocycles. The maximum absolute atomic E-state index is 13.1. The van der Waals surface area contributed by atoms with Gasteiger partial charge in [-0.05, 0) is 81.9 Å². The minimum Gasteiger partial charge on any atom is -0.456 e. The van der Waals surface area contributed by atoms with E-state index in [1.165, 1.54) is 22.3 Å². The second-order valence-electron chi connectivity index (χ2n) is 12.0. The van der Waals surface area contributed by atoms with Crippen LogP contribution in [0.4, 0.5) is 17.1 Å². The molecule has 0 aliphatic carbocycles. The molecule has 222 valence electrons. The fourth-order valence-corrected chi connectivity index (χ4v) is 7.47. The summed E-state index contributed by atoms with van der Waals surface area (Å²) in [6, 6.07) is 61.2. The molecular weight excluding hydrogens is 574 g/mol. The van der Waals surface area contributed by atoms with Gasteiger partial charge in [0.25, 0.3) is 0 Å². The van der Waals surface area contributed by atoms with E-state index in [0.717, 1.165) is 28.2 Å². The highest BCUT2D eigenvalue weighted by Crippen LogP contribution is 2.57. The molecule has 0 N–H and O–H groups in total. The average Bonchev–Trinajstić information content (AvgIpc) is 3.14. The maximum atomic E-state index is 13.1. The molecule has 0 atom stereocenters. The first-order chi connectivity index (χ1) is 23.2. The van der Waals surface area contributed by atoms with E-state index in [0.29, 0.717) is 21.9 Å². The third-order valence-corrected chi connectivity index (χ3v) is 9.55. The number of fused-ring (bicyclic) bond motifs is 4. The van der Waals surface area contributed by atoms with Crippen molar-refractivity contribution in [2.45, 2.75) is 5.41 Å². The molecule has 0 fully saturated rings. The van der Waals surface area contributed by atoms with Crippen molar-refractivity contribution in [2.24, 2.45) is 0 Å².